The van der Waals surface area contributed by atoms with Crippen LogP contribution in [0.15, 0.2) is 35.6 Å². The summed E-state index contributed by atoms with van der Waals surface area (Å²) in [5.74, 6) is -0.772. The molecule has 0 bridgehead atoms. The van der Waals surface area contributed by atoms with Gasteiger partial charge in [-0.05, 0) is 6.42 Å². The van der Waals surface area contributed by atoms with Gasteiger partial charge in [0.2, 0.25) is 0 Å². The van der Waals surface area contributed by atoms with Crippen molar-refractivity contribution in [1.82, 2.24) is 0 Å². The van der Waals surface area contributed by atoms with E-state index in [9.17, 15) is 14.9 Å². The Labute approximate surface area is 88.1 Å². The molecule has 0 unspecified atom stereocenters. The van der Waals surface area contributed by atoms with Crippen molar-refractivity contribution in [2.24, 2.45) is 5.73 Å². The van der Waals surface area contributed by atoms with Crippen LogP contribution in [0.5, 0.6) is 0 Å². The monoisotopic (exact) mass is 210 g/mol. The third-order valence-electron chi connectivity index (χ3n) is 1.59. The summed E-state index contributed by atoms with van der Waals surface area (Å²) in [6.07, 6.45) is 6.43. The molecule has 1 aliphatic rings. The number of amides is 1. The van der Waals surface area contributed by atoms with Crippen LogP contribution in [0.4, 0.5) is 0 Å². The Balaban J connectivity index is 0.000000921. The summed E-state index contributed by atoms with van der Waals surface area (Å²) < 4.78 is 0. The van der Waals surface area contributed by atoms with Crippen LogP contribution < -0.4 is 5.73 Å². The maximum atomic E-state index is 10.8. The Kier molecular flexibility index (Phi) is 5.70. The molecule has 0 aromatic carbocycles. The number of nitrogens with zero attached hydrogens (tertiary/aromatic N) is 1. The van der Waals surface area contributed by atoms with Crippen LogP contribution in [0.2, 0.25) is 0 Å². The van der Waals surface area contributed by atoms with Crippen LogP contribution in [0.1, 0.15) is 20.3 Å². The Hall–Kier alpha value is -1.91. The van der Waals surface area contributed by atoms with Gasteiger partial charge in [-0.25, -0.2) is 0 Å². The van der Waals surface area contributed by atoms with Crippen LogP contribution in [-0.2, 0) is 4.79 Å². The van der Waals surface area contributed by atoms with Gasteiger partial charge in [-0.1, -0.05) is 32.1 Å². The number of nitro groups is 1. The highest BCUT2D eigenvalue weighted by molar-refractivity contribution is 5.95. The highest BCUT2D eigenvalue weighted by atomic mass is 16.6. The minimum atomic E-state index is -0.772. The molecule has 5 nitrogen and oxygen atoms in total. The molecule has 82 valence electrons. The van der Waals surface area contributed by atoms with E-state index in [1.165, 1.54) is 18.2 Å². The number of nitrogens with two attached hydrogens (primary N) is 1. The highest BCUT2D eigenvalue weighted by Gasteiger charge is 2.21. The van der Waals surface area contributed by atoms with Gasteiger partial charge in [0.05, 0.1) is 4.92 Å². The summed E-state index contributed by atoms with van der Waals surface area (Å²) in [5.41, 5.74) is 4.70. The number of allylic oxidation sites excluding steroid dienone is 4. The van der Waals surface area contributed by atoms with Crippen LogP contribution in [0.25, 0.3) is 0 Å². The highest BCUT2D eigenvalue weighted by Crippen LogP contribution is 2.14. The van der Waals surface area contributed by atoms with Gasteiger partial charge in [-0.15, -0.1) is 0 Å². The fourth-order valence-electron chi connectivity index (χ4n) is 1.00. The first-order chi connectivity index (χ1) is 7.13. The average molecular weight is 210 g/mol. The minimum Gasteiger partial charge on any atom is -0.365 e. The molecule has 0 atom stereocenters. The lowest BCUT2D eigenvalue weighted by atomic mass is 10.1. The Morgan fingerprint density at radius 3 is 2.60 bits per heavy atom. The second kappa shape index (κ2) is 6.53. The third kappa shape index (κ3) is 3.76. The molecule has 5 heteroatoms. The molecule has 0 spiro atoms. The second-order valence-corrected chi connectivity index (χ2v) is 2.45. The van der Waals surface area contributed by atoms with E-state index in [1.807, 2.05) is 13.8 Å². The van der Waals surface area contributed by atoms with Crippen LogP contribution in [0, 0.1) is 10.1 Å². The van der Waals surface area contributed by atoms with E-state index in [1.54, 1.807) is 6.08 Å². The van der Waals surface area contributed by atoms with Crippen molar-refractivity contribution in [2.75, 3.05) is 0 Å². The van der Waals surface area contributed by atoms with Crippen molar-refractivity contribution >= 4 is 5.91 Å². The predicted octanol–water partition coefficient (Wildman–Crippen LogP) is 1.54. The maximum Gasteiger partial charge on any atom is 0.281 e. The summed E-state index contributed by atoms with van der Waals surface area (Å²) in [4.78, 5) is 20.7. The molecule has 0 aliphatic heterocycles. The molecule has 0 aromatic rings. The summed E-state index contributed by atoms with van der Waals surface area (Å²) in [7, 11) is 0. The van der Waals surface area contributed by atoms with E-state index in [-0.39, 0.29) is 11.3 Å². The SMILES string of the molecule is CC.NC(=O)C1=CCC=CC=C1[N+](=O)[O-]. The fraction of sp³-hybridized carbons (Fsp3) is 0.300. The lowest BCUT2D eigenvalue weighted by Crippen LogP contribution is -2.18. The quantitative estimate of drug-likeness (QED) is 0.554. The number of hydrogen-bond donors (Lipinski definition) is 1. The fourth-order valence-corrected chi connectivity index (χ4v) is 1.00. The van der Waals surface area contributed by atoms with Crippen LogP contribution >= 0.6 is 0 Å². The Bertz CT molecular complexity index is 341. The van der Waals surface area contributed by atoms with Crippen molar-refractivity contribution in [2.45, 2.75) is 20.3 Å². The van der Waals surface area contributed by atoms with Gasteiger partial charge in [0, 0.05) is 6.08 Å². The molecule has 2 N–H and O–H groups in total. The number of carbonyl (C=O) groups excluding carboxylic acids is 1. The number of hydrogen-bond acceptors (Lipinski definition) is 3. The van der Waals surface area contributed by atoms with Gasteiger partial charge in [-0.3, -0.25) is 14.9 Å². The maximum absolute atomic E-state index is 10.8. The topological polar surface area (TPSA) is 86.2 Å². The summed E-state index contributed by atoms with van der Waals surface area (Å²) in [5, 5.41) is 10.5. The zero-order valence-corrected chi connectivity index (χ0v) is 8.77. The second-order valence-electron chi connectivity index (χ2n) is 2.45. The molecule has 0 fully saturated rings. The standard InChI is InChI=1S/C8H8N2O3.C2H6/c9-8(11)6-4-2-1-3-5-7(6)10(12)13;1-2/h1,3-5H,2H2,(H2,9,11);1-2H3. The zero-order chi connectivity index (χ0) is 11.8. The van der Waals surface area contributed by atoms with Crippen LogP contribution in [0.3, 0.4) is 0 Å². The molecule has 1 aliphatic carbocycles. The zero-order valence-electron chi connectivity index (χ0n) is 8.77. The van der Waals surface area contributed by atoms with E-state index >= 15 is 0 Å². The van der Waals surface area contributed by atoms with Crippen molar-refractivity contribution in [3.05, 3.63) is 45.7 Å². The van der Waals surface area contributed by atoms with E-state index in [0.717, 1.165) is 0 Å². The first-order valence-corrected chi connectivity index (χ1v) is 4.64. The lowest BCUT2D eigenvalue weighted by Gasteiger charge is -1.97. The van der Waals surface area contributed by atoms with Gasteiger partial charge in [-0.2, -0.15) is 0 Å². The first-order valence-electron chi connectivity index (χ1n) is 4.64. The molecule has 0 heterocycles. The van der Waals surface area contributed by atoms with Gasteiger partial charge in [0.1, 0.15) is 5.57 Å². The van der Waals surface area contributed by atoms with Crippen LogP contribution in [-0.4, -0.2) is 10.8 Å². The largest absolute Gasteiger partial charge is 0.365 e. The molecule has 0 aromatic heterocycles. The van der Waals surface area contributed by atoms with Gasteiger partial charge in [0.25, 0.3) is 11.6 Å². The molecule has 0 radical (unpaired) electrons. The summed E-state index contributed by atoms with van der Waals surface area (Å²) in [6, 6.07) is 0. The summed E-state index contributed by atoms with van der Waals surface area (Å²) in [6.45, 7) is 4.00. The molecule has 0 saturated heterocycles. The van der Waals surface area contributed by atoms with Crippen molar-refractivity contribution < 1.29 is 9.72 Å². The molecule has 1 rings (SSSR count). The minimum absolute atomic E-state index is 0.0324. The third-order valence-corrected chi connectivity index (χ3v) is 1.59. The van der Waals surface area contributed by atoms with E-state index < -0.39 is 10.8 Å². The normalized spacial score (nSPS) is 14.0. The number of primary amides is 1. The average Bonchev–Trinajstić information content (AvgIpc) is 2.45. The predicted molar refractivity (Wildman–Crippen MR) is 57.5 cm³/mol. The lowest BCUT2D eigenvalue weighted by molar-refractivity contribution is -0.420. The molecular formula is C10H14N2O3. The van der Waals surface area contributed by atoms with Gasteiger partial charge < -0.3 is 5.73 Å². The Morgan fingerprint density at radius 1 is 1.53 bits per heavy atom. The van der Waals surface area contributed by atoms with Crippen molar-refractivity contribution in [3.8, 4) is 0 Å². The van der Waals surface area contributed by atoms with Crippen molar-refractivity contribution in [1.29, 1.82) is 0 Å². The molecule has 1 amide bonds. The van der Waals surface area contributed by atoms with Gasteiger partial charge >= 0.3 is 0 Å². The van der Waals surface area contributed by atoms with E-state index in [4.69, 9.17) is 5.73 Å². The smallest absolute Gasteiger partial charge is 0.281 e. The van der Waals surface area contributed by atoms with Gasteiger partial charge in [0.15, 0.2) is 0 Å². The molecular weight excluding hydrogens is 196 g/mol. The number of rotatable bonds is 2. The molecule has 15 heavy (non-hydrogen) atoms. The first kappa shape index (κ1) is 13.1. The summed E-state index contributed by atoms with van der Waals surface area (Å²) >= 11 is 0. The van der Waals surface area contributed by atoms with Crippen molar-refractivity contribution in [3.63, 3.8) is 0 Å². The van der Waals surface area contributed by atoms with E-state index in [2.05, 4.69) is 0 Å². The van der Waals surface area contributed by atoms with E-state index in [0.29, 0.717) is 6.42 Å². The Morgan fingerprint density at radius 2 is 2.13 bits per heavy atom. The number of carbonyl (C=O) groups is 1. The molecule has 0 saturated carbocycles.